The Bertz CT molecular complexity index is 1140. The minimum atomic E-state index is 0.481. The summed E-state index contributed by atoms with van der Waals surface area (Å²) in [7, 11) is 0. The summed E-state index contributed by atoms with van der Waals surface area (Å²) in [6.07, 6.45) is 0. The fourth-order valence-electron chi connectivity index (χ4n) is 2.74. The van der Waals surface area contributed by atoms with Crippen LogP contribution in [0.2, 0.25) is 10.2 Å². The minimum absolute atomic E-state index is 0.481. The first kappa shape index (κ1) is 18.1. The molecule has 136 valence electrons. The number of rotatable bonds is 4. The highest BCUT2D eigenvalue weighted by molar-refractivity contribution is 7.98. The minimum Gasteiger partial charge on any atom is -0.335 e. The summed E-state index contributed by atoms with van der Waals surface area (Å²) in [6.45, 7) is 2.03. The molecule has 0 saturated carbocycles. The molecule has 0 bridgehead atoms. The molecule has 0 atom stereocenters. The Balaban J connectivity index is 1.59. The molecule has 2 N–H and O–H groups in total. The lowest BCUT2D eigenvalue weighted by Crippen LogP contribution is -2.11. The number of nitrogens with two attached hydrogens (primary N) is 1. The lowest BCUT2D eigenvalue weighted by atomic mass is 10.1. The molecule has 0 unspecified atom stereocenters. The predicted octanol–water partition coefficient (Wildman–Crippen LogP) is 5.11. The molecule has 2 aromatic heterocycles. The molecule has 2 aromatic carbocycles. The van der Waals surface area contributed by atoms with Gasteiger partial charge in [-0.05, 0) is 36.8 Å². The number of halogens is 2. The van der Waals surface area contributed by atoms with Gasteiger partial charge in [0.1, 0.15) is 5.15 Å². The van der Waals surface area contributed by atoms with Gasteiger partial charge in [0.25, 0.3) is 0 Å². The zero-order valence-corrected chi connectivity index (χ0v) is 16.7. The van der Waals surface area contributed by atoms with Crippen molar-refractivity contribution in [3.8, 4) is 11.4 Å². The molecule has 2 heterocycles. The van der Waals surface area contributed by atoms with Gasteiger partial charge in [-0.15, -0.1) is 10.2 Å². The van der Waals surface area contributed by atoms with Crippen LogP contribution in [-0.2, 0) is 5.75 Å². The van der Waals surface area contributed by atoms with Crippen LogP contribution in [0.4, 0.5) is 0 Å². The van der Waals surface area contributed by atoms with Crippen molar-refractivity contribution in [1.82, 2.24) is 19.9 Å². The average Bonchev–Trinajstić information content (AvgIpc) is 3.01. The van der Waals surface area contributed by atoms with Crippen LogP contribution >= 0.6 is 35.0 Å². The van der Waals surface area contributed by atoms with Crippen molar-refractivity contribution >= 4 is 45.9 Å². The Hall–Kier alpha value is -2.28. The summed E-state index contributed by atoms with van der Waals surface area (Å²) in [4.78, 5) is 4.50. The smallest absolute Gasteiger partial charge is 0.210 e. The number of hydrogen-bond acceptors (Lipinski definition) is 5. The van der Waals surface area contributed by atoms with Crippen LogP contribution in [-0.4, -0.2) is 19.9 Å². The van der Waals surface area contributed by atoms with Crippen molar-refractivity contribution in [1.29, 1.82) is 0 Å². The monoisotopic (exact) mass is 415 g/mol. The highest BCUT2D eigenvalue weighted by Crippen LogP contribution is 2.30. The van der Waals surface area contributed by atoms with Crippen molar-refractivity contribution < 1.29 is 0 Å². The molecule has 0 fully saturated rings. The van der Waals surface area contributed by atoms with Gasteiger partial charge in [-0.3, -0.25) is 0 Å². The Morgan fingerprint density at radius 3 is 2.70 bits per heavy atom. The van der Waals surface area contributed by atoms with Crippen LogP contribution in [0.5, 0.6) is 0 Å². The van der Waals surface area contributed by atoms with Crippen LogP contribution in [0.1, 0.15) is 11.1 Å². The van der Waals surface area contributed by atoms with Crippen LogP contribution in [0.25, 0.3) is 22.3 Å². The fraction of sp³-hybridized carbons (Fsp3) is 0.105. The van der Waals surface area contributed by atoms with Gasteiger partial charge in [-0.2, -0.15) is 0 Å². The maximum Gasteiger partial charge on any atom is 0.210 e. The fourth-order valence-corrected chi connectivity index (χ4v) is 4.08. The number of aryl methyl sites for hydroxylation is 1. The molecule has 0 aliphatic heterocycles. The van der Waals surface area contributed by atoms with Crippen molar-refractivity contribution in [2.45, 2.75) is 17.8 Å². The highest BCUT2D eigenvalue weighted by Gasteiger charge is 2.15. The normalized spacial score (nSPS) is 11.2. The first-order valence-electron chi connectivity index (χ1n) is 8.17. The largest absolute Gasteiger partial charge is 0.335 e. The van der Waals surface area contributed by atoms with Crippen molar-refractivity contribution in [2.24, 2.45) is 0 Å². The third-order valence-electron chi connectivity index (χ3n) is 4.14. The first-order valence-corrected chi connectivity index (χ1v) is 9.91. The standard InChI is InChI=1S/C19H15Cl2N5S/c1-11-6-7-12-9-13(17(21)23-16(12)8-11)10-27-19-25-24-18(26(19)22)14-4-2-3-5-15(14)20/h2-9H,10,22H2,1H3. The number of hydrogen-bond donors (Lipinski definition) is 1. The molecule has 4 rings (SSSR count). The number of nitrogens with zero attached hydrogens (tertiary/aromatic N) is 4. The molecular weight excluding hydrogens is 401 g/mol. The van der Waals surface area contributed by atoms with Crippen molar-refractivity contribution in [3.05, 3.63) is 69.8 Å². The summed E-state index contributed by atoms with van der Waals surface area (Å²) in [5, 5.41) is 11.0. The Kier molecular flexibility index (Phi) is 4.95. The van der Waals surface area contributed by atoms with E-state index >= 15 is 0 Å². The molecule has 0 aliphatic carbocycles. The van der Waals surface area contributed by atoms with E-state index in [1.165, 1.54) is 16.4 Å². The molecule has 0 aliphatic rings. The first-order chi connectivity index (χ1) is 13.0. The molecule has 0 saturated heterocycles. The Morgan fingerprint density at radius 1 is 1.07 bits per heavy atom. The predicted molar refractivity (Wildman–Crippen MR) is 112 cm³/mol. The maximum atomic E-state index is 6.37. The Labute approximate surface area is 170 Å². The maximum absolute atomic E-state index is 6.37. The van der Waals surface area contributed by atoms with Gasteiger partial charge in [0.2, 0.25) is 5.16 Å². The van der Waals surface area contributed by atoms with E-state index in [9.17, 15) is 0 Å². The summed E-state index contributed by atoms with van der Waals surface area (Å²) in [5.41, 5.74) is 3.69. The van der Waals surface area contributed by atoms with Gasteiger partial charge >= 0.3 is 0 Å². The topological polar surface area (TPSA) is 69.6 Å². The molecule has 27 heavy (non-hydrogen) atoms. The summed E-state index contributed by atoms with van der Waals surface area (Å²) < 4.78 is 1.44. The highest BCUT2D eigenvalue weighted by atomic mass is 35.5. The van der Waals surface area contributed by atoms with Crippen LogP contribution in [0, 0.1) is 6.92 Å². The van der Waals surface area contributed by atoms with E-state index in [2.05, 4.69) is 21.2 Å². The van der Waals surface area contributed by atoms with Crippen molar-refractivity contribution in [3.63, 3.8) is 0 Å². The van der Waals surface area contributed by atoms with Gasteiger partial charge in [-0.1, -0.05) is 59.2 Å². The molecule has 5 nitrogen and oxygen atoms in total. The van der Waals surface area contributed by atoms with E-state index in [1.54, 1.807) is 6.07 Å². The molecular formula is C19H15Cl2N5S. The molecule has 0 radical (unpaired) electrons. The molecule has 0 amide bonds. The van der Waals surface area contributed by atoms with Gasteiger partial charge in [0.05, 0.1) is 10.5 Å². The number of fused-ring (bicyclic) bond motifs is 1. The summed E-state index contributed by atoms with van der Waals surface area (Å²) in [6, 6.07) is 15.6. The quantitative estimate of drug-likeness (QED) is 0.284. The van der Waals surface area contributed by atoms with E-state index in [-0.39, 0.29) is 0 Å². The number of aromatic nitrogens is 4. The lowest BCUT2D eigenvalue weighted by molar-refractivity contribution is 0.849. The number of thioether (sulfide) groups is 1. The SMILES string of the molecule is Cc1ccc2cc(CSc3nnc(-c4ccccc4Cl)n3N)c(Cl)nc2c1. The van der Waals surface area contributed by atoms with Crippen LogP contribution < -0.4 is 5.84 Å². The van der Waals surface area contributed by atoms with Gasteiger partial charge in [-0.25, -0.2) is 9.66 Å². The van der Waals surface area contributed by atoms with E-state index in [0.717, 1.165) is 27.6 Å². The summed E-state index contributed by atoms with van der Waals surface area (Å²) >= 11 is 14.0. The third kappa shape index (κ3) is 3.60. The zero-order chi connectivity index (χ0) is 19.0. The van der Waals surface area contributed by atoms with E-state index in [1.807, 2.05) is 43.3 Å². The number of benzene rings is 2. The molecule has 8 heteroatoms. The van der Waals surface area contributed by atoms with Crippen LogP contribution in [0.3, 0.4) is 0 Å². The van der Waals surface area contributed by atoms with Gasteiger partial charge in [0.15, 0.2) is 5.82 Å². The van der Waals surface area contributed by atoms with E-state index in [4.69, 9.17) is 29.0 Å². The van der Waals surface area contributed by atoms with E-state index in [0.29, 0.717) is 26.9 Å². The Morgan fingerprint density at radius 2 is 1.89 bits per heavy atom. The second-order valence-corrected chi connectivity index (χ2v) is 7.79. The molecule has 4 aromatic rings. The number of pyridine rings is 1. The second kappa shape index (κ2) is 7.38. The zero-order valence-electron chi connectivity index (χ0n) is 14.4. The van der Waals surface area contributed by atoms with Gasteiger partial charge in [0, 0.05) is 22.3 Å². The second-order valence-electron chi connectivity index (χ2n) is 6.08. The molecule has 0 spiro atoms. The van der Waals surface area contributed by atoms with Crippen molar-refractivity contribution in [2.75, 3.05) is 5.84 Å². The van der Waals surface area contributed by atoms with Gasteiger partial charge < -0.3 is 5.84 Å². The van der Waals surface area contributed by atoms with Crippen LogP contribution in [0.15, 0.2) is 53.7 Å². The summed E-state index contributed by atoms with van der Waals surface area (Å²) in [5.74, 6) is 7.27. The third-order valence-corrected chi connectivity index (χ3v) is 5.78. The average molecular weight is 416 g/mol. The number of nitrogen functional groups attached to an aromatic ring is 1. The lowest BCUT2D eigenvalue weighted by Gasteiger charge is -2.07. The van der Waals surface area contributed by atoms with E-state index < -0.39 is 0 Å².